The molecule has 5 N–H and O–H groups in total. The smallest absolute Gasteiger partial charge is 0.303 e. The molecule has 4 unspecified atom stereocenters. The largest absolute Gasteiger partial charge is 0.481 e. The van der Waals surface area contributed by atoms with Crippen LogP contribution >= 0.6 is 0 Å². The van der Waals surface area contributed by atoms with Crippen molar-refractivity contribution in [3.8, 4) is 12.3 Å². The van der Waals surface area contributed by atoms with Crippen molar-refractivity contribution in [1.29, 1.82) is 0 Å². The van der Waals surface area contributed by atoms with Crippen molar-refractivity contribution >= 4 is 18.1 Å². The van der Waals surface area contributed by atoms with Crippen molar-refractivity contribution in [1.82, 2.24) is 20.6 Å². The van der Waals surface area contributed by atoms with Gasteiger partial charge in [0.25, 0.3) is 0 Å². The van der Waals surface area contributed by atoms with E-state index in [4.69, 9.17) is 11.5 Å². The third kappa shape index (κ3) is 3.33. The van der Waals surface area contributed by atoms with E-state index < -0.39 is 5.97 Å². The van der Waals surface area contributed by atoms with Crippen LogP contribution in [0.3, 0.4) is 0 Å². The molecule has 4 aliphatic rings. The van der Waals surface area contributed by atoms with E-state index in [2.05, 4.69) is 87.1 Å². The van der Waals surface area contributed by atoms with Gasteiger partial charge in [-0.25, -0.2) is 0 Å². The Labute approximate surface area is 230 Å². The summed E-state index contributed by atoms with van der Waals surface area (Å²) in [6.45, 7) is 15.3. The molecule has 0 aromatic carbocycles. The second-order valence-corrected chi connectivity index (χ2v) is 12.1. The van der Waals surface area contributed by atoms with Crippen LogP contribution in [0.5, 0.6) is 0 Å². The molecule has 0 bridgehead atoms. The molecule has 6 heteroatoms. The fourth-order valence-electron chi connectivity index (χ4n) is 7.97. The summed E-state index contributed by atoms with van der Waals surface area (Å²) in [5.41, 5.74) is 12.4. The van der Waals surface area contributed by atoms with Gasteiger partial charge in [-0.3, -0.25) is 15.4 Å². The average molecular weight is 525 g/mol. The van der Waals surface area contributed by atoms with Crippen LogP contribution in [0.4, 0.5) is 0 Å². The summed E-state index contributed by atoms with van der Waals surface area (Å²) in [7, 11) is 0. The predicted octanol–water partition coefficient (Wildman–Crippen LogP) is 3.40. The van der Waals surface area contributed by atoms with E-state index in [0.29, 0.717) is 12.5 Å². The van der Waals surface area contributed by atoms with E-state index in [1.54, 1.807) is 0 Å². The average Bonchev–Trinajstić information content (AvgIpc) is 3.59. The van der Waals surface area contributed by atoms with Gasteiger partial charge in [0.1, 0.15) is 0 Å². The SMILES string of the molecule is C#Cc1c(C)/c(=C/c2[nH]c(CC34NC3(C)C(CCC(=O)O)=C4C)c(C)c2CC)[nH]/c1=C\C12NC1C(CC)=C2C. The molecule has 4 atom stereocenters. The number of aromatic amines is 2. The van der Waals surface area contributed by atoms with Gasteiger partial charge in [0.2, 0.25) is 0 Å². The van der Waals surface area contributed by atoms with Crippen molar-refractivity contribution in [2.75, 3.05) is 0 Å². The maximum atomic E-state index is 11.1. The molecule has 0 radical (unpaired) electrons. The molecule has 2 aromatic heterocycles. The lowest BCUT2D eigenvalue weighted by Crippen LogP contribution is -2.40. The van der Waals surface area contributed by atoms with Crippen LogP contribution in [0.1, 0.15) is 87.5 Å². The van der Waals surface area contributed by atoms with Gasteiger partial charge in [0.15, 0.2) is 0 Å². The quantitative estimate of drug-likeness (QED) is 0.197. The van der Waals surface area contributed by atoms with Crippen molar-refractivity contribution < 1.29 is 9.90 Å². The Morgan fingerprint density at radius 2 is 1.82 bits per heavy atom. The summed E-state index contributed by atoms with van der Waals surface area (Å²) >= 11 is 0. The maximum absolute atomic E-state index is 11.1. The molecular weight excluding hydrogens is 484 g/mol. The molecule has 0 amide bonds. The van der Waals surface area contributed by atoms with Gasteiger partial charge in [0, 0.05) is 29.6 Å². The van der Waals surface area contributed by atoms with Crippen LogP contribution in [0.15, 0.2) is 22.3 Å². The molecule has 2 fully saturated rings. The Morgan fingerprint density at radius 1 is 1.08 bits per heavy atom. The van der Waals surface area contributed by atoms with Crippen LogP contribution in [-0.2, 0) is 17.6 Å². The molecular formula is C33H40N4O2. The number of carbonyl (C=O) groups is 1. The first-order valence-electron chi connectivity index (χ1n) is 14.3. The number of nitrogens with one attached hydrogen (secondary N) is 4. The molecule has 39 heavy (non-hydrogen) atoms. The van der Waals surface area contributed by atoms with Crippen LogP contribution in [0.2, 0.25) is 0 Å². The lowest BCUT2D eigenvalue weighted by molar-refractivity contribution is -0.137. The standard InChI is InChI=1S/C33H40N4O2/c1-9-21-18(5)27(16-33-20(7)24(12-13-29(38)39)31(33,8)37-33)35-26(21)14-25-17(4)22(10-2)28(34-25)15-32-19(6)23(11-3)30(32)36-32/h2,14-15,30,34-37H,9,11-13,16H2,1,3-8H3,(H,38,39)/b25-14-,28-15-. The molecule has 2 aliphatic carbocycles. The number of hydrogen-bond acceptors (Lipinski definition) is 3. The van der Waals surface area contributed by atoms with Crippen molar-refractivity contribution in [2.45, 2.75) is 103 Å². The van der Waals surface area contributed by atoms with Gasteiger partial charge in [-0.1, -0.05) is 19.8 Å². The van der Waals surface area contributed by atoms with Crippen LogP contribution in [0, 0.1) is 26.2 Å². The van der Waals surface area contributed by atoms with Crippen LogP contribution < -0.4 is 21.3 Å². The van der Waals surface area contributed by atoms with Gasteiger partial charge in [-0.15, -0.1) is 6.42 Å². The molecule has 0 spiro atoms. The number of fused-ring (bicyclic) bond motifs is 2. The minimum Gasteiger partial charge on any atom is -0.481 e. The van der Waals surface area contributed by atoms with E-state index in [9.17, 15) is 4.79 Å². The number of carboxylic acids is 1. The fraction of sp³-hybridized carbons (Fsp3) is 0.485. The Balaban J connectivity index is 1.34. The second kappa shape index (κ2) is 8.36. The zero-order valence-corrected chi connectivity index (χ0v) is 24.2. The van der Waals surface area contributed by atoms with E-state index in [1.165, 1.54) is 39.1 Å². The summed E-state index contributed by atoms with van der Waals surface area (Å²) in [5, 5.41) is 18.6. The van der Waals surface area contributed by atoms with Gasteiger partial charge >= 0.3 is 5.97 Å². The van der Waals surface area contributed by atoms with Gasteiger partial charge in [0.05, 0.1) is 33.6 Å². The minimum atomic E-state index is -0.740. The topological polar surface area (TPSA) is 113 Å². The zero-order chi connectivity index (χ0) is 28.1. The van der Waals surface area contributed by atoms with Gasteiger partial charge in [-0.05, 0) is 105 Å². The number of H-pyrrole nitrogens is 2. The second-order valence-electron chi connectivity index (χ2n) is 12.1. The highest BCUT2D eigenvalue weighted by Crippen LogP contribution is 2.62. The highest BCUT2D eigenvalue weighted by atomic mass is 16.4. The number of carboxylic acid groups (broad SMARTS) is 1. The molecule has 6 rings (SSSR count). The minimum absolute atomic E-state index is 0.0308. The van der Waals surface area contributed by atoms with Crippen LogP contribution in [-0.4, -0.2) is 43.7 Å². The summed E-state index contributed by atoms with van der Waals surface area (Å²) in [6.07, 6.45) is 14.2. The number of hydrogen-bond donors (Lipinski definition) is 5. The lowest BCUT2D eigenvalue weighted by atomic mass is 9.66. The monoisotopic (exact) mass is 524 g/mol. The first kappa shape index (κ1) is 26.0. The third-order valence-electron chi connectivity index (χ3n) is 10.6. The van der Waals surface area contributed by atoms with Gasteiger partial charge < -0.3 is 15.1 Å². The molecule has 204 valence electrons. The summed E-state index contributed by atoms with van der Waals surface area (Å²) in [4.78, 5) is 18.5. The van der Waals surface area contributed by atoms with E-state index >= 15 is 0 Å². The molecule has 0 saturated carbocycles. The Morgan fingerprint density at radius 3 is 2.41 bits per heavy atom. The first-order chi connectivity index (χ1) is 18.5. The summed E-state index contributed by atoms with van der Waals surface area (Å²) in [6, 6.07) is 0.458. The zero-order valence-electron chi connectivity index (χ0n) is 24.2. The van der Waals surface area contributed by atoms with Gasteiger partial charge in [-0.2, -0.15) is 0 Å². The van der Waals surface area contributed by atoms with E-state index in [0.717, 1.165) is 46.8 Å². The highest BCUT2D eigenvalue weighted by Gasteiger charge is 2.74. The number of terminal acetylenes is 1. The fourth-order valence-corrected chi connectivity index (χ4v) is 7.97. The predicted molar refractivity (Wildman–Crippen MR) is 156 cm³/mol. The molecule has 6 nitrogen and oxygen atoms in total. The van der Waals surface area contributed by atoms with E-state index in [-0.39, 0.29) is 23.0 Å². The number of aromatic nitrogens is 2. The number of aliphatic carboxylic acids is 1. The molecule has 2 saturated heterocycles. The van der Waals surface area contributed by atoms with Crippen molar-refractivity contribution in [3.05, 3.63) is 66.6 Å². The highest BCUT2D eigenvalue weighted by molar-refractivity contribution is 5.71. The number of rotatable bonds is 9. The summed E-state index contributed by atoms with van der Waals surface area (Å²) < 4.78 is 0. The lowest BCUT2D eigenvalue weighted by Gasteiger charge is -2.35. The Hall–Kier alpha value is -3.27. The van der Waals surface area contributed by atoms with Crippen molar-refractivity contribution in [3.63, 3.8) is 0 Å². The Bertz CT molecular complexity index is 1670. The molecule has 2 aromatic rings. The third-order valence-corrected chi connectivity index (χ3v) is 10.6. The van der Waals surface area contributed by atoms with E-state index in [1.807, 2.05) is 0 Å². The maximum Gasteiger partial charge on any atom is 0.303 e. The van der Waals surface area contributed by atoms with Crippen LogP contribution in [0.25, 0.3) is 12.2 Å². The molecule has 4 heterocycles. The Kier molecular flexibility index (Phi) is 5.57. The first-order valence-corrected chi connectivity index (χ1v) is 14.3. The van der Waals surface area contributed by atoms with Crippen molar-refractivity contribution in [2.24, 2.45) is 0 Å². The summed E-state index contributed by atoms with van der Waals surface area (Å²) in [5.74, 6) is 2.20. The molecule has 2 aliphatic heterocycles. The normalized spacial score (nSPS) is 31.1.